The third-order valence-corrected chi connectivity index (χ3v) is 3.23. The van der Waals surface area contributed by atoms with Gasteiger partial charge in [-0.3, -0.25) is 9.97 Å². The van der Waals surface area contributed by atoms with E-state index in [1.165, 1.54) is 25.7 Å². The van der Waals surface area contributed by atoms with E-state index in [9.17, 15) is 5.11 Å². The van der Waals surface area contributed by atoms with E-state index < -0.39 is 6.10 Å². The summed E-state index contributed by atoms with van der Waals surface area (Å²) in [5.74, 6) is 0.379. The highest BCUT2D eigenvalue weighted by Gasteiger charge is 2.22. The lowest BCUT2D eigenvalue weighted by atomic mass is 9.92. The van der Waals surface area contributed by atoms with Crippen molar-refractivity contribution < 1.29 is 5.11 Å². The van der Waals surface area contributed by atoms with Crippen LogP contribution in [0.3, 0.4) is 0 Å². The Bertz CT molecular complexity index is 281. The van der Waals surface area contributed by atoms with E-state index in [1.807, 2.05) is 0 Å². The first-order valence-corrected chi connectivity index (χ1v) is 5.82. The van der Waals surface area contributed by atoms with Crippen LogP contribution in [0.15, 0.2) is 18.6 Å². The zero-order valence-electron chi connectivity index (χ0n) is 8.97. The summed E-state index contributed by atoms with van der Waals surface area (Å²) in [6.45, 7) is 0. The van der Waals surface area contributed by atoms with Gasteiger partial charge in [0.25, 0.3) is 0 Å². The predicted octanol–water partition coefficient (Wildman–Crippen LogP) is 2.48. The molecule has 0 radical (unpaired) electrons. The number of hydrogen-bond acceptors (Lipinski definition) is 3. The van der Waals surface area contributed by atoms with Crippen molar-refractivity contribution >= 4 is 0 Å². The molecule has 2 rings (SSSR count). The van der Waals surface area contributed by atoms with Crippen molar-refractivity contribution in [1.29, 1.82) is 0 Å². The molecule has 0 spiro atoms. The van der Waals surface area contributed by atoms with Crippen LogP contribution in [-0.4, -0.2) is 15.1 Å². The van der Waals surface area contributed by atoms with Crippen molar-refractivity contribution in [3.8, 4) is 0 Å². The van der Waals surface area contributed by atoms with Gasteiger partial charge in [-0.25, -0.2) is 0 Å². The van der Waals surface area contributed by atoms with Crippen LogP contribution >= 0.6 is 0 Å². The highest BCUT2D eigenvalue weighted by atomic mass is 16.3. The molecule has 1 N–H and O–H groups in total. The molecular weight excluding hydrogens is 188 g/mol. The highest BCUT2D eigenvalue weighted by molar-refractivity contribution is 5.01. The third-order valence-electron chi connectivity index (χ3n) is 3.23. The lowest BCUT2D eigenvalue weighted by Crippen LogP contribution is -2.13. The zero-order chi connectivity index (χ0) is 10.5. The van der Waals surface area contributed by atoms with Crippen LogP contribution in [0.2, 0.25) is 0 Å². The van der Waals surface area contributed by atoms with Gasteiger partial charge in [0, 0.05) is 12.4 Å². The van der Waals surface area contributed by atoms with Gasteiger partial charge in [-0.15, -0.1) is 0 Å². The SMILES string of the molecule is OC(c1cnccn1)C1CCCCCC1. The summed E-state index contributed by atoms with van der Waals surface area (Å²) < 4.78 is 0. The van der Waals surface area contributed by atoms with Crippen molar-refractivity contribution in [3.05, 3.63) is 24.3 Å². The first-order chi connectivity index (χ1) is 7.38. The molecule has 1 atom stereocenters. The maximum atomic E-state index is 10.2. The summed E-state index contributed by atoms with van der Waals surface area (Å²) >= 11 is 0. The van der Waals surface area contributed by atoms with E-state index in [2.05, 4.69) is 9.97 Å². The Labute approximate surface area is 90.6 Å². The second kappa shape index (κ2) is 5.21. The van der Waals surface area contributed by atoms with Gasteiger partial charge in [-0.05, 0) is 18.8 Å². The molecule has 1 saturated carbocycles. The van der Waals surface area contributed by atoms with Gasteiger partial charge in [0.05, 0.1) is 11.9 Å². The Morgan fingerprint density at radius 1 is 1.13 bits per heavy atom. The Hall–Kier alpha value is -0.960. The van der Waals surface area contributed by atoms with Gasteiger partial charge >= 0.3 is 0 Å². The average molecular weight is 206 g/mol. The summed E-state index contributed by atoms with van der Waals surface area (Å²) in [6.07, 6.45) is 11.9. The van der Waals surface area contributed by atoms with Crippen molar-refractivity contribution in [2.24, 2.45) is 5.92 Å². The Balaban J connectivity index is 2.03. The molecule has 0 bridgehead atoms. The Morgan fingerprint density at radius 2 is 1.87 bits per heavy atom. The summed E-state index contributed by atoms with van der Waals surface area (Å²) in [5, 5.41) is 10.2. The molecule has 15 heavy (non-hydrogen) atoms. The number of aliphatic hydroxyl groups excluding tert-OH is 1. The van der Waals surface area contributed by atoms with Crippen LogP contribution in [0, 0.1) is 5.92 Å². The predicted molar refractivity (Wildman–Crippen MR) is 58.2 cm³/mol. The van der Waals surface area contributed by atoms with Crippen LogP contribution in [0.5, 0.6) is 0 Å². The summed E-state index contributed by atoms with van der Waals surface area (Å²) in [6, 6.07) is 0. The highest BCUT2D eigenvalue weighted by Crippen LogP contribution is 2.32. The lowest BCUT2D eigenvalue weighted by molar-refractivity contribution is 0.0944. The molecule has 1 heterocycles. The Morgan fingerprint density at radius 3 is 2.47 bits per heavy atom. The number of aromatic nitrogens is 2. The fourth-order valence-corrected chi connectivity index (χ4v) is 2.33. The third kappa shape index (κ3) is 2.75. The molecule has 0 aliphatic heterocycles. The molecule has 0 saturated heterocycles. The van der Waals surface area contributed by atoms with Gasteiger partial charge in [-0.1, -0.05) is 25.7 Å². The van der Waals surface area contributed by atoms with E-state index in [1.54, 1.807) is 18.6 Å². The largest absolute Gasteiger partial charge is 0.386 e. The fraction of sp³-hybridized carbons (Fsp3) is 0.667. The van der Waals surface area contributed by atoms with E-state index in [4.69, 9.17) is 0 Å². The standard InChI is InChI=1S/C12H18N2O/c15-12(11-9-13-7-8-14-11)10-5-3-1-2-4-6-10/h7-10,12,15H,1-6H2. The molecular formula is C12H18N2O. The molecule has 1 fully saturated rings. The number of hydrogen-bond donors (Lipinski definition) is 1. The monoisotopic (exact) mass is 206 g/mol. The lowest BCUT2D eigenvalue weighted by Gasteiger charge is -2.20. The smallest absolute Gasteiger partial charge is 0.100 e. The molecule has 1 aromatic heterocycles. The van der Waals surface area contributed by atoms with Gasteiger partial charge in [-0.2, -0.15) is 0 Å². The molecule has 1 aliphatic carbocycles. The first kappa shape index (κ1) is 10.6. The Kier molecular flexibility index (Phi) is 3.67. The quantitative estimate of drug-likeness (QED) is 0.756. The molecule has 0 aromatic carbocycles. The van der Waals surface area contributed by atoms with Gasteiger partial charge in [0.1, 0.15) is 6.10 Å². The van der Waals surface area contributed by atoms with Gasteiger partial charge < -0.3 is 5.11 Å². The fourth-order valence-electron chi connectivity index (χ4n) is 2.33. The normalized spacial score (nSPS) is 20.9. The second-order valence-electron chi connectivity index (χ2n) is 4.33. The van der Waals surface area contributed by atoms with Crippen LogP contribution in [-0.2, 0) is 0 Å². The molecule has 1 aliphatic rings. The maximum Gasteiger partial charge on any atom is 0.100 e. The maximum absolute atomic E-state index is 10.2. The summed E-state index contributed by atoms with van der Waals surface area (Å²) in [4.78, 5) is 8.17. The first-order valence-electron chi connectivity index (χ1n) is 5.82. The molecule has 1 aromatic rings. The van der Waals surface area contributed by atoms with Crippen molar-refractivity contribution in [2.45, 2.75) is 44.6 Å². The minimum absolute atomic E-state index is 0.379. The van der Waals surface area contributed by atoms with Crippen LogP contribution in [0.4, 0.5) is 0 Å². The van der Waals surface area contributed by atoms with Crippen molar-refractivity contribution in [1.82, 2.24) is 9.97 Å². The zero-order valence-corrected chi connectivity index (χ0v) is 8.97. The van der Waals surface area contributed by atoms with Crippen LogP contribution < -0.4 is 0 Å². The van der Waals surface area contributed by atoms with E-state index in [0.717, 1.165) is 18.5 Å². The van der Waals surface area contributed by atoms with E-state index >= 15 is 0 Å². The van der Waals surface area contributed by atoms with Gasteiger partial charge in [0.2, 0.25) is 0 Å². The van der Waals surface area contributed by atoms with E-state index in [-0.39, 0.29) is 0 Å². The number of nitrogens with zero attached hydrogens (tertiary/aromatic N) is 2. The summed E-state index contributed by atoms with van der Waals surface area (Å²) in [5.41, 5.74) is 0.726. The topological polar surface area (TPSA) is 46.0 Å². The van der Waals surface area contributed by atoms with Gasteiger partial charge in [0.15, 0.2) is 0 Å². The van der Waals surface area contributed by atoms with Crippen molar-refractivity contribution in [2.75, 3.05) is 0 Å². The van der Waals surface area contributed by atoms with Crippen molar-refractivity contribution in [3.63, 3.8) is 0 Å². The molecule has 0 amide bonds. The minimum Gasteiger partial charge on any atom is -0.386 e. The average Bonchev–Trinajstić information content (AvgIpc) is 2.58. The molecule has 3 heteroatoms. The molecule has 3 nitrogen and oxygen atoms in total. The number of rotatable bonds is 2. The number of aliphatic hydroxyl groups is 1. The minimum atomic E-state index is -0.420. The second-order valence-corrected chi connectivity index (χ2v) is 4.33. The van der Waals surface area contributed by atoms with Crippen LogP contribution in [0.1, 0.15) is 50.3 Å². The molecule has 1 unspecified atom stereocenters. The van der Waals surface area contributed by atoms with E-state index in [0.29, 0.717) is 5.92 Å². The van der Waals surface area contributed by atoms with Crippen LogP contribution in [0.25, 0.3) is 0 Å². The summed E-state index contributed by atoms with van der Waals surface area (Å²) in [7, 11) is 0. The molecule has 82 valence electrons.